The van der Waals surface area contributed by atoms with Crippen molar-refractivity contribution in [2.24, 2.45) is 0 Å². The van der Waals surface area contributed by atoms with Crippen molar-refractivity contribution in [1.82, 2.24) is 0 Å². The van der Waals surface area contributed by atoms with Crippen LogP contribution < -0.4 is 0 Å². The third-order valence-corrected chi connectivity index (χ3v) is 2.19. The van der Waals surface area contributed by atoms with Crippen LogP contribution in [0.15, 0.2) is 12.1 Å². The van der Waals surface area contributed by atoms with E-state index in [0.29, 0.717) is 0 Å². The maximum atomic E-state index is 2.26. The molecular weight excluding hydrogens is 156 g/mol. The van der Waals surface area contributed by atoms with E-state index in [2.05, 4.69) is 39.8 Å². The van der Waals surface area contributed by atoms with Crippen molar-refractivity contribution >= 4 is 0 Å². The molecule has 0 aliphatic heterocycles. The molecule has 0 N–H and O–H groups in total. The summed E-state index contributed by atoms with van der Waals surface area (Å²) in [5, 5.41) is 0. The van der Waals surface area contributed by atoms with Crippen LogP contribution in [0.5, 0.6) is 0 Å². The van der Waals surface area contributed by atoms with Crippen molar-refractivity contribution in [3.8, 4) is 0 Å². The van der Waals surface area contributed by atoms with Crippen LogP contribution in [0.25, 0.3) is 0 Å². The molecule has 0 aliphatic carbocycles. The molecule has 0 bridgehead atoms. The van der Waals surface area contributed by atoms with E-state index < -0.39 is 0 Å². The zero-order valence-electron chi connectivity index (χ0n) is 9.86. The van der Waals surface area contributed by atoms with Gasteiger partial charge < -0.3 is 0 Å². The minimum atomic E-state index is 1.15. The van der Waals surface area contributed by atoms with Crippen molar-refractivity contribution in [2.45, 2.75) is 48.0 Å². The zero-order chi connectivity index (χ0) is 10.4. The molecule has 1 rings (SSSR count). The van der Waals surface area contributed by atoms with Crippen LogP contribution in [0.1, 0.15) is 43.0 Å². The predicted octanol–water partition coefficient (Wildman–Crippen LogP) is 4.20. The van der Waals surface area contributed by atoms with Gasteiger partial charge in [-0.3, -0.25) is 0 Å². The van der Waals surface area contributed by atoms with E-state index >= 15 is 0 Å². The molecule has 1 aromatic carbocycles. The topological polar surface area (TPSA) is 0 Å². The molecule has 0 heterocycles. The summed E-state index contributed by atoms with van der Waals surface area (Å²) >= 11 is 0. The fourth-order valence-electron chi connectivity index (χ4n) is 1.77. The minimum absolute atomic E-state index is 1.15. The van der Waals surface area contributed by atoms with Gasteiger partial charge in [0.2, 0.25) is 0 Å². The fraction of sp³-hybridized carbons (Fsp3) is 0.538. The summed E-state index contributed by atoms with van der Waals surface area (Å²) in [7, 11) is 0. The summed E-state index contributed by atoms with van der Waals surface area (Å²) in [5.74, 6) is 0. The highest BCUT2D eigenvalue weighted by Crippen LogP contribution is 2.16. The van der Waals surface area contributed by atoms with Gasteiger partial charge in [0.25, 0.3) is 0 Å². The lowest BCUT2D eigenvalue weighted by Crippen LogP contribution is -1.92. The first-order valence-corrected chi connectivity index (χ1v) is 5.22. The molecule has 0 radical (unpaired) electrons. The van der Waals surface area contributed by atoms with E-state index in [1.807, 2.05) is 13.8 Å². The lowest BCUT2D eigenvalue weighted by molar-refractivity contribution is 1.07. The van der Waals surface area contributed by atoms with Gasteiger partial charge in [-0.25, -0.2) is 0 Å². The first kappa shape index (κ1) is 12.2. The van der Waals surface area contributed by atoms with Crippen molar-refractivity contribution in [2.75, 3.05) is 0 Å². The molecule has 13 heavy (non-hydrogen) atoms. The molecule has 0 heteroatoms. The lowest BCUT2D eigenvalue weighted by Gasteiger charge is -2.08. The highest BCUT2D eigenvalue weighted by atomic mass is 14.0. The molecule has 74 valence electrons. The zero-order valence-corrected chi connectivity index (χ0v) is 9.86. The van der Waals surface area contributed by atoms with Crippen LogP contribution in [-0.4, -0.2) is 0 Å². The maximum absolute atomic E-state index is 2.26. The molecule has 0 amide bonds. The van der Waals surface area contributed by atoms with Crippen LogP contribution in [0, 0.1) is 20.8 Å². The third-order valence-electron chi connectivity index (χ3n) is 2.19. The molecule has 0 nitrogen and oxygen atoms in total. The summed E-state index contributed by atoms with van der Waals surface area (Å²) in [5.41, 5.74) is 5.75. The first-order chi connectivity index (χ1) is 6.15. The van der Waals surface area contributed by atoms with Crippen molar-refractivity contribution < 1.29 is 0 Å². The van der Waals surface area contributed by atoms with Crippen molar-refractivity contribution in [3.05, 3.63) is 34.4 Å². The van der Waals surface area contributed by atoms with E-state index in [4.69, 9.17) is 0 Å². The summed E-state index contributed by atoms with van der Waals surface area (Å²) in [4.78, 5) is 0. The Bertz CT molecular complexity index is 236. The Labute approximate surface area is 83.0 Å². The van der Waals surface area contributed by atoms with Crippen molar-refractivity contribution in [3.63, 3.8) is 0 Å². The quantitative estimate of drug-likeness (QED) is 0.604. The number of aryl methyl sites for hydroxylation is 3. The number of benzene rings is 1. The van der Waals surface area contributed by atoms with E-state index in [0.717, 1.165) is 6.42 Å². The van der Waals surface area contributed by atoms with Gasteiger partial charge in [0, 0.05) is 0 Å². The number of hydrogen-bond donors (Lipinski definition) is 0. The Hall–Kier alpha value is -0.780. The van der Waals surface area contributed by atoms with Gasteiger partial charge in [-0.2, -0.15) is 0 Å². The molecule has 0 aliphatic rings. The molecule has 0 saturated heterocycles. The average Bonchev–Trinajstić information content (AvgIpc) is 2.07. The van der Waals surface area contributed by atoms with Crippen LogP contribution in [0.2, 0.25) is 0 Å². The summed E-state index contributed by atoms with van der Waals surface area (Å²) in [6.07, 6.45) is 1.15. The second-order valence-corrected chi connectivity index (χ2v) is 3.23. The summed E-state index contributed by atoms with van der Waals surface area (Å²) in [6, 6.07) is 4.51. The third kappa shape index (κ3) is 3.22. The van der Waals surface area contributed by atoms with Crippen LogP contribution in [0.3, 0.4) is 0 Å². The second kappa shape index (κ2) is 5.80. The Kier molecular flexibility index (Phi) is 5.45. The molecule has 0 atom stereocenters. The fourth-order valence-corrected chi connectivity index (χ4v) is 1.77. The molecule has 0 unspecified atom stereocenters. The van der Waals surface area contributed by atoms with E-state index in [9.17, 15) is 0 Å². The molecule has 0 fully saturated rings. The molecule has 1 aromatic rings. The smallest absolute Gasteiger partial charge is 0.0302 e. The Morgan fingerprint density at radius 2 is 1.31 bits per heavy atom. The molecule has 0 saturated carbocycles. The second-order valence-electron chi connectivity index (χ2n) is 3.23. The standard InChI is InChI=1S/C11H16.C2H6/c1-5-11-9(3)6-8(2)7-10(11)4;1-2/h6-7H,5H2,1-4H3;1-2H3. The Balaban J connectivity index is 0.000000671. The largest absolute Gasteiger partial charge is 0.0683 e. The van der Waals surface area contributed by atoms with Gasteiger partial charge in [-0.15, -0.1) is 0 Å². The summed E-state index contributed by atoms with van der Waals surface area (Å²) < 4.78 is 0. The summed E-state index contributed by atoms with van der Waals surface area (Å²) in [6.45, 7) is 12.8. The van der Waals surface area contributed by atoms with Crippen LogP contribution in [0.4, 0.5) is 0 Å². The highest BCUT2D eigenvalue weighted by Gasteiger charge is 1.99. The van der Waals surface area contributed by atoms with E-state index in [1.165, 1.54) is 22.3 Å². The Morgan fingerprint density at radius 3 is 1.62 bits per heavy atom. The van der Waals surface area contributed by atoms with Crippen molar-refractivity contribution in [1.29, 1.82) is 0 Å². The van der Waals surface area contributed by atoms with Gasteiger partial charge >= 0.3 is 0 Å². The van der Waals surface area contributed by atoms with Crippen LogP contribution in [-0.2, 0) is 6.42 Å². The average molecular weight is 178 g/mol. The highest BCUT2D eigenvalue weighted by molar-refractivity contribution is 5.37. The van der Waals surface area contributed by atoms with Gasteiger partial charge in [0.05, 0.1) is 0 Å². The van der Waals surface area contributed by atoms with E-state index in [1.54, 1.807) is 0 Å². The first-order valence-electron chi connectivity index (χ1n) is 5.22. The monoisotopic (exact) mass is 178 g/mol. The SMILES string of the molecule is CC.CCc1c(C)cc(C)cc1C. The van der Waals surface area contributed by atoms with Crippen LogP contribution >= 0.6 is 0 Å². The number of hydrogen-bond acceptors (Lipinski definition) is 0. The van der Waals surface area contributed by atoms with Gasteiger partial charge in [-0.1, -0.05) is 38.5 Å². The normalized spacial score (nSPS) is 9.08. The minimum Gasteiger partial charge on any atom is -0.0683 e. The van der Waals surface area contributed by atoms with Gasteiger partial charge in [0.15, 0.2) is 0 Å². The molecular formula is C13H22. The number of rotatable bonds is 1. The maximum Gasteiger partial charge on any atom is -0.0302 e. The lowest BCUT2D eigenvalue weighted by atomic mass is 9.98. The Morgan fingerprint density at radius 1 is 0.923 bits per heavy atom. The van der Waals surface area contributed by atoms with E-state index in [-0.39, 0.29) is 0 Å². The molecule has 0 spiro atoms. The van der Waals surface area contributed by atoms with Gasteiger partial charge in [0.1, 0.15) is 0 Å². The molecule has 0 aromatic heterocycles. The van der Waals surface area contributed by atoms with Gasteiger partial charge in [-0.05, 0) is 43.9 Å². The predicted molar refractivity (Wildman–Crippen MR) is 61.4 cm³/mol.